The van der Waals surface area contributed by atoms with Gasteiger partial charge in [-0.05, 0) is 30.3 Å². The van der Waals surface area contributed by atoms with E-state index < -0.39 is 23.1 Å². The maximum absolute atomic E-state index is 15.2. The molecule has 12 nitrogen and oxygen atoms in total. The van der Waals surface area contributed by atoms with Crippen LogP contribution >= 0.6 is 0 Å². The third-order valence-corrected chi connectivity index (χ3v) is 5.12. The summed E-state index contributed by atoms with van der Waals surface area (Å²) in [5, 5.41) is 14.9. The summed E-state index contributed by atoms with van der Waals surface area (Å²) in [5.74, 6) is -0.587. The van der Waals surface area contributed by atoms with E-state index in [1.54, 1.807) is 24.3 Å². The second-order valence-electron chi connectivity index (χ2n) is 7.27. The number of nitrogens with zero attached hydrogens (tertiary/aromatic N) is 3. The van der Waals surface area contributed by atoms with Crippen LogP contribution in [0.5, 0.6) is 11.5 Å². The van der Waals surface area contributed by atoms with Crippen molar-refractivity contribution in [3.8, 4) is 17.3 Å². The van der Waals surface area contributed by atoms with Gasteiger partial charge in [0.1, 0.15) is 17.7 Å². The van der Waals surface area contributed by atoms with Crippen LogP contribution in [-0.4, -0.2) is 44.8 Å². The SMILES string of the molecule is COc1cc(F)c([C@H](Nc2ccc(C(=N)N)cc2)c2nn(-c3ncc[nH]c3=O)c(=O)[nH]2)cc1OC. The van der Waals surface area contributed by atoms with Gasteiger partial charge in [-0.2, -0.15) is 4.68 Å². The summed E-state index contributed by atoms with van der Waals surface area (Å²) >= 11 is 0. The lowest BCUT2D eigenvalue weighted by molar-refractivity contribution is 0.351. The predicted octanol–water partition coefficient (Wildman–Crippen LogP) is 1.29. The summed E-state index contributed by atoms with van der Waals surface area (Å²) in [6, 6.07) is 8.04. The molecule has 13 heteroatoms. The molecule has 0 bridgehead atoms. The Morgan fingerprint density at radius 3 is 2.49 bits per heavy atom. The van der Waals surface area contributed by atoms with Crippen molar-refractivity contribution in [1.29, 1.82) is 5.41 Å². The first kappa shape index (κ1) is 23.2. The molecule has 0 unspecified atom stereocenters. The number of nitrogen functional groups attached to an aromatic ring is 1. The number of nitrogens with one attached hydrogen (secondary N) is 4. The Bertz CT molecular complexity index is 1490. The van der Waals surface area contributed by atoms with Gasteiger partial charge in [-0.15, -0.1) is 5.10 Å². The van der Waals surface area contributed by atoms with Crippen LogP contribution < -0.4 is 31.8 Å². The molecule has 0 fully saturated rings. The van der Waals surface area contributed by atoms with Crippen LogP contribution in [0.4, 0.5) is 10.1 Å². The van der Waals surface area contributed by atoms with Crippen LogP contribution in [0.2, 0.25) is 0 Å². The third-order valence-electron chi connectivity index (χ3n) is 5.12. The maximum Gasteiger partial charge on any atom is 0.349 e. The Kier molecular flexibility index (Phi) is 6.31. The number of aromatic amines is 2. The van der Waals surface area contributed by atoms with Crippen molar-refractivity contribution in [3.05, 3.63) is 92.4 Å². The van der Waals surface area contributed by atoms with Gasteiger partial charge in [0.2, 0.25) is 5.82 Å². The molecule has 6 N–H and O–H groups in total. The summed E-state index contributed by atoms with van der Waals surface area (Å²) in [4.78, 5) is 33.7. The third kappa shape index (κ3) is 4.59. The Morgan fingerprint density at radius 1 is 1.17 bits per heavy atom. The Morgan fingerprint density at radius 2 is 1.86 bits per heavy atom. The zero-order valence-electron chi connectivity index (χ0n) is 18.6. The average Bonchev–Trinajstić information content (AvgIpc) is 3.24. The lowest BCUT2D eigenvalue weighted by Crippen LogP contribution is -2.25. The van der Waals surface area contributed by atoms with Crippen LogP contribution in [0.15, 0.2) is 58.4 Å². The minimum Gasteiger partial charge on any atom is -0.493 e. The van der Waals surface area contributed by atoms with E-state index in [0.29, 0.717) is 11.3 Å². The first-order valence-corrected chi connectivity index (χ1v) is 10.2. The monoisotopic (exact) mass is 480 g/mol. The van der Waals surface area contributed by atoms with Gasteiger partial charge in [-0.3, -0.25) is 15.2 Å². The van der Waals surface area contributed by atoms with Crippen molar-refractivity contribution in [1.82, 2.24) is 24.7 Å². The molecule has 0 saturated heterocycles. The highest BCUT2D eigenvalue weighted by atomic mass is 19.1. The molecule has 2 aromatic heterocycles. The van der Waals surface area contributed by atoms with Gasteiger partial charge in [0.25, 0.3) is 5.56 Å². The predicted molar refractivity (Wildman–Crippen MR) is 125 cm³/mol. The molecule has 4 rings (SSSR count). The Hall–Kier alpha value is -4.94. The molecular formula is C22H21FN8O4. The summed E-state index contributed by atoms with van der Waals surface area (Å²) in [6.07, 6.45) is 2.62. The number of ether oxygens (including phenoxy) is 2. The van der Waals surface area contributed by atoms with Crippen molar-refractivity contribution in [3.63, 3.8) is 0 Å². The molecule has 0 amide bonds. The summed E-state index contributed by atoms with van der Waals surface area (Å²) in [5.41, 5.74) is 5.23. The molecule has 2 aromatic carbocycles. The van der Waals surface area contributed by atoms with Crippen LogP contribution in [0.1, 0.15) is 23.0 Å². The molecule has 1 atom stereocenters. The molecule has 0 radical (unpaired) electrons. The number of nitrogens with two attached hydrogens (primary N) is 1. The van der Waals surface area contributed by atoms with Crippen molar-refractivity contribution in [2.45, 2.75) is 6.04 Å². The molecule has 180 valence electrons. The fourth-order valence-corrected chi connectivity index (χ4v) is 3.41. The lowest BCUT2D eigenvalue weighted by Gasteiger charge is -2.20. The molecule has 2 heterocycles. The lowest BCUT2D eigenvalue weighted by atomic mass is 10.0. The Balaban J connectivity index is 1.85. The summed E-state index contributed by atoms with van der Waals surface area (Å²) < 4.78 is 26.5. The fourth-order valence-electron chi connectivity index (χ4n) is 3.41. The fraction of sp³-hybridized carbons (Fsp3) is 0.136. The van der Waals surface area contributed by atoms with E-state index in [1.165, 1.54) is 32.7 Å². The molecule has 0 aliphatic carbocycles. The molecule has 35 heavy (non-hydrogen) atoms. The molecular weight excluding hydrogens is 459 g/mol. The first-order valence-electron chi connectivity index (χ1n) is 10.2. The van der Waals surface area contributed by atoms with E-state index in [4.69, 9.17) is 20.6 Å². The van der Waals surface area contributed by atoms with E-state index in [-0.39, 0.29) is 34.5 Å². The number of amidine groups is 1. The van der Waals surface area contributed by atoms with Crippen LogP contribution in [-0.2, 0) is 0 Å². The summed E-state index contributed by atoms with van der Waals surface area (Å²) in [6.45, 7) is 0. The number of H-pyrrole nitrogens is 2. The van der Waals surface area contributed by atoms with E-state index in [0.717, 1.165) is 10.7 Å². The van der Waals surface area contributed by atoms with E-state index in [2.05, 4.69) is 25.4 Å². The zero-order chi connectivity index (χ0) is 25.1. The number of halogens is 1. The second-order valence-corrected chi connectivity index (χ2v) is 7.27. The van der Waals surface area contributed by atoms with Gasteiger partial charge in [-0.25, -0.2) is 14.2 Å². The maximum atomic E-state index is 15.2. The molecule has 0 aliphatic heterocycles. The minimum absolute atomic E-state index is 0.00168. The largest absolute Gasteiger partial charge is 0.493 e. The van der Waals surface area contributed by atoms with Crippen LogP contribution in [0.25, 0.3) is 5.82 Å². The molecule has 0 saturated carbocycles. The van der Waals surface area contributed by atoms with Crippen LogP contribution in [0, 0.1) is 11.2 Å². The zero-order valence-corrected chi connectivity index (χ0v) is 18.6. The highest BCUT2D eigenvalue weighted by Crippen LogP contribution is 2.35. The topological polar surface area (TPSA) is 177 Å². The van der Waals surface area contributed by atoms with Gasteiger partial charge < -0.3 is 25.5 Å². The number of rotatable bonds is 8. The van der Waals surface area contributed by atoms with E-state index in [1.807, 2.05) is 0 Å². The van der Waals surface area contributed by atoms with E-state index in [9.17, 15) is 9.59 Å². The number of methoxy groups -OCH3 is 2. The highest BCUT2D eigenvalue weighted by molar-refractivity contribution is 5.95. The van der Waals surface area contributed by atoms with Gasteiger partial charge in [0, 0.05) is 35.3 Å². The quantitative estimate of drug-likeness (QED) is 0.185. The molecule has 4 aromatic rings. The Labute approximate surface area is 197 Å². The van der Waals surface area contributed by atoms with Crippen LogP contribution in [0.3, 0.4) is 0 Å². The number of hydrogen-bond donors (Lipinski definition) is 5. The normalized spacial score (nSPS) is 11.6. The van der Waals surface area contributed by atoms with Gasteiger partial charge >= 0.3 is 5.69 Å². The smallest absolute Gasteiger partial charge is 0.349 e. The number of anilines is 1. The van der Waals surface area contributed by atoms with Gasteiger partial charge in [0.05, 0.1) is 14.2 Å². The minimum atomic E-state index is -1.03. The standard InChI is InChI=1S/C22H21FN8O4/c1-34-15-9-13(14(23)10-16(15)35-2)17(28-12-5-3-11(4-6-12)18(24)25)19-29-22(33)31(30-19)20-21(32)27-8-7-26-20/h3-10,17,28H,1-2H3,(H3,24,25)(H,27,32)(H,29,30,33)/t17-/m0/s1. The van der Waals surface area contributed by atoms with Crippen molar-refractivity contribution in [2.24, 2.45) is 5.73 Å². The number of aromatic nitrogens is 5. The van der Waals surface area contributed by atoms with Crippen molar-refractivity contribution < 1.29 is 13.9 Å². The molecule has 0 spiro atoms. The van der Waals surface area contributed by atoms with Gasteiger partial charge in [0.15, 0.2) is 17.3 Å². The van der Waals surface area contributed by atoms with Crippen molar-refractivity contribution >= 4 is 11.5 Å². The average molecular weight is 480 g/mol. The summed E-state index contributed by atoms with van der Waals surface area (Å²) in [7, 11) is 2.79. The highest BCUT2D eigenvalue weighted by Gasteiger charge is 2.26. The first-order chi connectivity index (χ1) is 16.8. The van der Waals surface area contributed by atoms with Gasteiger partial charge in [-0.1, -0.05) is 0 Å². The number of benzene rings is 2. The van der Waals surface area contributed by atoms with Crippen molar-refractivity contribution in [2.75, 3.05) is 19.5 Å². The number of hydrogen-bond acceptors (Lipinski definition) is 8. The second kappa shape index (κ2) is 9.51. The van der Waals surface area contributed by atoms with E-state index >= 15 is 4.39 Å². The molecule has 0 aliphatic rings.